The Labute approximate surface area is 116 Å². The van der Waals surface area contributed by atoms with Crippen molar-refractivity contribution in [3.05, 3.63) is 58.3 Å². The fourth-order valence-corrected chi connectivity index (χ4v) is 2.45. The van der Waals surface area contributed by atoms with Gasteiger partial charge in [0.15, 0.2) is 0 Å². The molecule has 0 spiro atoms. The lowest BCUT2D eigenvalue weighted by Gasteiger charge is -2.10. The molecule has 1 unspecified atom stereocenters. The minimum atomic E-state index is -0.110. The molecule has 0 saturated carbocycles. The Morgan fingerprint density at radius 2 is 2.26 bits per heavy atom. The predicted molar refractivity (Wildman–Crippen MR) is 80.8 cm³/mol. The molecule has 1 atom stereocenters. The summed E-state index contributed by atoms with van der Waals surface area (Å²) in [5, 5.41) is 6.95. The summed E-state index contributed by atoms with van der Waals surface area (Å²) < 4.78 is 0. The molecule has 0 aliphatic rings. The highest BCUT2D eigenvalue weighted by Crippen LogP contribution is 2.15. The highest BCUT2D eigenvalue weighted by molar-refractivity contribution is 7.07. The van der Waals surface area contributed by atoms with Crippen LogP contribution in [0.25, 0.3) is 6.08 Å². The summed E-state index contributed by atoms with van der Waals surface area (Å²) in [6.45, 7) is 1.97. The summed E-state index contributed by atoms with van der Waals surface area (Å²) >= 11 is 1.62. The van der Waals surface area contributed by atoms with Crippen LogP contribution in [0.5, 0.6) is 0 Å². The molecule has 0 fully saturated rings. The zero-order valence-electron chi connectivity index (χ0n) is 10.7. The molecule has 2 aromatic rings. The second-order valence-electron chi connectivity index (χ2n) is 4.29. The number of amides is 1. The van der Waals surface area contributed by atoms with Crippen LogP contribution in [0.15, 0.2) is 47.2 Å². The molecule has 0 saturated heterocycles. The van der Waals surface area contributed by atoms with Crippen LogP contribution in [0.3, 0.4) is 0 Å². The van der Waals surface area contributed by atoms with Gasteiger partial charge in [0.05, 0.1) is 6.04 Å². The maximum Gasteiger partial charge on any atom is 0.244 e. The molecular weight excluding hydrogens is 256 g/mol. The van der Waals surface area contributed by atoms with E-state index in [-0.39, 0.29) is 11.9 Å². The van der Waals surface area contributed by atoms with Crippen LogP contribution in [-0.4, -0.2) is 5.91 Å². The Morgan fingerprint density at radius 3 is 2.95 bits per heavy atom. The van der Waals surface area contributed by atoms with Gasteiger partial charge in [0, 0.05) is 11.8 Å². The van der Waals surface area contributed by atoms with Gasteiger partial charge in [0.2, 0.25) is 5.91 Å². The summed E-state index contributed by atoms with van der Waals surface area (Å²) in [6, 6.07) is 9.44. The fourth-order valence-electron chi connectivity index (χ4n) is 1.70. The summed E-state index contributed by atoms with van der Waals surface area (Å²) in [5.41, 5.74) is 8.40. The van der Waals surface area contributed by atoms with Crippen molar-refractivity contribution >= 4 is 29.0 Å². The molecule has 19 heavy (non-hydrogen) atoms. The van der Waals surface area contributed by atoms with Gasteiger partial charge in [-0.2, -0.15) is 11.3 Å². The smallest absolute Gasteiger partial charge is 0.244 e. The number of nitrogens with two attached hydrogens (primary N) is 1. The number of benzene rings is 1. The Morgan fingerprint density at radius 1 is 1.42 bits per heavy atom. The van der Waals surface area contributed by atoms with Crippen LogP contribution in [0.1, 0.15) is 24.1 Å². The SMILES string of the molecule is CC(NC(=O)/C=C/c1cccc(N)c1)c1ccsc1. The van der Waals surface area contributed by atoms with Gasteiger partial charge in [-0.15, -0.1) is 0 Å². The van der Waals surface area contributed by atoms with E-state index >= 15 is 0 Å². The molecule has 1 aromatic carbocycles. The van der Waals surface area contributed by atoms with Crippen LogP contribution < -0.4 is 11.1 Å². The van der Waals surface area contributed by atoms with Crippen molar-refractivity contribution in [2.45, 2.75) is 13.0 Å². The van der Waals surface area contributed by atoms with Crippen LogP contribution in [0, 0.1) is 0 Å². The van der Waals surface area contributed by atoms with Gasteiger partial charge in [-0.3, -0.25) is 4.79 Å². The lowest BCUT2D eigenvalue weighted by atomic mass is 10.1. The monoisotopic (exact) mass is 272 g/mol. The third kappa shape index (κ3) is 3.96. The van der Waals surface area contributed by atoms with Crippen molar-refractivity contribution in [3.8, 4) is 0 Å². The third-order valence-corrected chi connectivity index (χ3v) is 3.44. The van der Waals surface area contributed by atoms with E-state index in [0.717, 1.165) is 11.1 Å². The number of thiophene rings is 1. The van der Waals surface area contributed by atoms with Gasteiger partial charge in [-0.05, 0) is 53.1 Å². The van der Waals surface area contributed by atoms with Crippen molar-refractivity contribution < 1.29 is 4.79 Å². The number of carbonyl (C=O) groups is 1. The molecule has 4 heteroatoms. The van der Waals surface area contributed by atoms with Crippen molar-refractivity contribution in [1.29, 1.82) is 0 Å². The van der Waals surface area contributed by atoms with E-state index in [0.29, 0.717) is 5.69 Å². The van der Waals surface area contributed by atoms with E-state index in [1.165, 1.54) is 6.08 Å². The first kappa shape index (κ1) is 13.4. The quantitative estimate of drug-likeness (QED) is 0.663. The first-order chi connectivity index (χ1) is 9.15. The summed E-state index contributed by atoms with van der Waals surface area (Å²) in [7, 11) is 0. The van der Waals surface area contributed by atoms with Gasteiger partial charge in [0.1, 0.15) is 0 Å². The van der Waals surface area contributed by atoms with Crippen LogP contribution in [0.2, 0.25) is 0 Å². The molecule has 1 heterocycles. The molecular formula is C15H16N2OS. The number of anilines is 1. The first-order valence-corrected chi connectivity index (χ1v) is 6.95. The molecule has 1 aromatic heterocycles. The Bertz CT molecular complexity index is 576. The second kappa shape index (κ2) is 6.20. The molecule has 2 rings (SSSR count). The number of hydrogen-bond donors (Lipinski definition) is 2. The summed E-state index contributed by atoms with van der Waals surface area (Å²) in [4.78, 5) is 11.8. The molecule has 0 bridgehead atoms. The number of nitrogen functional groups attached to an aromatic ring is 1. The van der Waals surface area contributed by atoms with E-state index in [1.54, 1.807) is 17.4 Å². The molecule has 0 aliphatic heterocycles. The Balaban J connectivity index is 1.94. The number of rotatable bonds is 4. The van der Waals surface area contributed by atoms with E-state index in [4.69, 9.17) is 5.73 Å². The predicted octanol–water partition coefficient (Wildman–Crippen LogP) is 3.22. The van der Waals surface area contributed by atoms with E-state index in [9.17, 15) is 4.79 Å². The van der Waals surface area contributed by atoms with Crippen LogP contribution in [0.4, 0.5) is 5.69 Å². The maximum atomic E-state index is 11.8. The number of carbonyl (C=O) groups excluding carboxylic acids is 1. The van der Waals surface area contributed by atoms with Gasteiger partial charge in [-0.1, -0.05) is 12.1 Å². The lowest BCUT2D eigenvalue weighted by molar-refractivity contribution is -0.117. The van der Waals surface area contributed by atoms with Crippen molar-refractivity contribution in [1.82, 2.24) is 5.32 Å². The third-order valence-electron chi connectivity index (χ3n) is 2.74. The highest BCUT2D eigenvalue weighted by atomic mass is 32.1. The Kier molecular flexibility index (Phi) is 4.36. The maximum absolute atomic E-state index is 11.8. The standard InChI is InChI=1S/C15H16N2OS/c1-11(13-7-8-19-10-13)17-15(18)6-5-12-3-2-4-14(16)9-12/h2-11H,16H2,1H3,(H,17,18)/b6-5+. The zero-order valence-corrected chi connectivity index (χ0v) is 11.5. The fraction of sp³-hybridized carbons (Fsp3) is 0.133. The van der Waals surface area contributed by atoms with Gasteiger partial charge >= 0.3 is 0 Å². The van der Waals surface area contributed by atoms with Crippen molar-refractivity contribution in [3.63, 3.8) is 0 Å². The van der Waals surface area contributed by atoms with E-state index in [2.05, 4.69) is 5.32 Å². The summed E-state index contributed by atoms with van der Waals surface area (Å²) in [5.74, 6) is -0.110. The number of hydrogen-bond acceptors (Lipinski definition) is 3. The number of nitrogens with one attached hydrogen (secondary N) is 1. The summed E-state index contributed by atoms with van der Waals surface area (Å²) in [6.07, 6.45) is 3.28. The highest BCUT2D eigenvalue weighted by Gasteiger charge is 2.07. The van der Waals surface area contributed by atoms with E-state index < -0.39 is 0 Å². The second-order valence-corrected chi connectivity index (χ2v) is 5.07. The first-order valence-electron chi connectivity index (χ1n) is 6.01. The van der Waals surface area contributed by atoms with Crippen LogP contribution in [-0.2, 0) is 4.79 Å². The average Bonchev–Trinajstić information content (AvgIpc) is 2.90. The lowest BCUT2D eigenvalue weighted by Crippen LogP contribution is -2.24. The molecule has 0 aliphatic carbocycles. The molecule has 0 radical (unpaired) electrons. The zero-order chi connectivity index (χ0) is 13.7. The van der Waals surface area contributed by atoms with Crippen molar-refractivity contribution in [2.24, 2.45) is 0 Å². The van der Waals surface area contributed by atoms with E-state index in [1.807, 2.05) is 48.0 Å². The molecule has 3 nitrogen and oxygen atoms in total. The van der Waals surface area contributed by atoms with Crippen LogP contribution >= 0.6 is 11.3 Å². The molecule has 3 N–H and O–H groups in total. The minimum absolute atomic E-state index is 0.0178. The molecule has 98 valence electrons. The topological polar surface area (TPSA) is 55.1 Å². The largest absolute Gasteiger partial charge is 0.399 e. The minimum Gasteiger partial charge on any atom is -0.399 e. The van der Waals surface area contributed by atoms with Crippen molar-refractivity contribution in [2.75, 3.05) is 5.73 Å². The Hall–Kier alpha value is -2.07. The van der Waals surface area contributed by atoms with Gasteiger partial charge < -0.3 is 11.1 Å². The molecule has 1 amide bonds. The van der Waals surface area contributed by atoms with Gasteiger partial charge in [0.25, 0.3) is 0 Å². The normalized spacial score (nSPS) is 12.5. The average molecular weight is 272 g/mol. The van der Waals surface area contributed by atoms with Gasteiger partial charge in [-0.25, -0.2) is 0 Å².